The van der Waals surface area contributed by atoms with Gasteiger partial charge in [-0.3, -0.25) is 0 Å². The number of fused-ring (bicyclic) bond motifs is 1. The second-order valence-electron chi connectivity index (χ2n) is 8.22. The van der Waals surface area contributed by atoms with Crippen molar-refractivity contribution < 1.29 is 9.84 Å². The summed E-state index contributed by atoms with van der Waals surface area (Å²) in [5.41, 5.74) is 8.49. The predicted octanol–water partition coefficient (Wildman–Crippen LogP) is 5.14. The summed E-state index contributed by atoms with van der Waals surface area (Å²) in [6.45, 7) is 0.699. The Morgan fingerprint density at radius 2 is 1.97 bits per heavy atom. The Kier molecular flexibility index (Phi) is 6.30. The van der Waals surface area contributed by atoms with Gasteiger partial charge in [-0.2, -0.15) is 4.98 Å². The summed E-state index contributed by atoms with van der Waals surface area (Å²) >= 11 is 8.02. The number of nitrogens with one attached hydrogen (secondary N) is 1. The Bertz CT molecular complexity index is 1270. The Hall–Kier alpha value is -2.94. The zero-order valence-corrected chi connectivity index (χ0v) is 19.4. The quantitative estimate of drug-likeness (QED) is 0.314. The molecule has 0 amide bonds. The molecule has 170 valence electrons. The van der Waals surface area contributed by atoms with E-state index in [-0.39, 0.29) is 23.8 Å². The fraction of sp³-hybridized carbons (Fsp3) is 0.292. The van der Waals surface area contributed by atoms with Gasteiger partial charge in [-0.15, -0.1) is 11.3 Å². The highest BCUT2D eigenvalue weighted by atomic mass is 35.5. The molecule has 2 aromatic carbocycles. The standard InChI is InChI=1S/C24H24ClN5O2S/c25-21-20(22(30-24(26)29-21)27-16-7-6-15(10-16)12-31)23-28-18-9-8-17(11-19(18)33-23)32-13-14-4-2-1-3-5-14/h1-5,8-9,11,15-16,31H,6-7,10,12-13H2,(H3,26,27,29,30)/t15-,16+/m1/s1. The molecule has 1 aliphatic rings. The van der Waals surface area contributed by atoms with Gasteiger partial charge in [0.25, 0.3) is 0 Å². The molecule has 1 fully saturated rings. The molecule has 7 nitrogen and oxygen atoms in total. The van der Waals surface area contributed by atoms with Crippen LogP contribution in [0.25, 0.3) is 20.8 Å². The minimum absolute atomic E-state index is 0.112. The summed E-state index contributed by atoms with van der Waals surface area (Å²) in [7, 11) is 0. The minimum atomic E-state index is 0.112. The van der Waals surface area contributed by atoms with Crippen molar-refractivity contribution in [2.75, 3.05) is 17.7 Å². The van der Waals surface area contributed by atoms with Gasteiger partial charge in [0.1, 0.15) is 28.3 Å². The molecule has 0 aliphatic heterocycles. The summed E-state index contributed by atoms with van der Waals surface area (Å²) in [6.07, 6.45) is 2.80. The molecule has 2 heterocycles. The summed E-state index contributed by atoms with van der Waals surface area (Å²) in [5.74, 6) is 1.77. The maximum atomic E-state index is 9.46. The first kappa shape index (κ1) is 21.9. The second-order valence-corrected chi connectivity index (χ2v) is 9.61. The van der Waals surface area contributed by atoms with E-state index in [4.69, 9.17) is 27.1 Å². The Morgan fingerprint density at radius 1 is 1.12 bits per heavy atom. The number of halogens is 1. The van der Waals surface area contributed by atoms with Crippen LogP contribution in [0, 0.1) is 5.92 Å². The average molecular weight is 482 g/mol. The van der Waals surface area contributed by atoms with E-state index in [1.54, 1.807) is 0 Å². The number of aliphatic hydroxyl groups is 1. The van der Waals surface area contributed by atoms with Gasteiger partial charge in [0, 0.05) is 12.6 Å². The third kappa shape index (κ3) is 4.88. The zero-order chi connectivity index (χ0) is 22.8. The van der Waals surface area contributed by atoms with Crippen LogP contribution >= 0.6 is 22.9 Å². The molecule has 0 bridgehead atoms. The lowest BCUT2D eigenvalue weighted by atomic mass is 10.1. The summed E-state index contributed by atoms with van der Waals surface area (Å²) in [4.78, 5) is 13.4. The number of rotatable bonds is 7. The number of aliphatic hydroxyl groups excluding tert-OH is 1. The van der Waals surface area contributed by atoms with E-state index in [1.807, 2.05) is 48.5 Å². The number of thiazole rings is 1. The van der Waals surface area contributed by atoms with E-state index in [9.17, 15) is 5.11 Å². The molecule has 2 aromatic heterocycles. The largest absolute Gasteiger partial charge is 0.489 e. The van der Waals surface area contributed by atoms with Gasteiger partial charge in [-0.1, -0.05) is 41.9 Å². The number of nitrogen functional groups attached to an aromatic ring is 1. The Morgan fingerprint density at radius 3 is 2.76 bits per heavy atom. The molecule has 9 heteroatoms. The van der Waals surface area contributed by atoms with Gasteiger partial charge in [-0.05, 0) is 48.9 Å². The summed E-state index contributed by atoms with van der Waals surface area (Å²) in [6, 6.07) is 16.1. The number of ether oxygens (including phenoxy) is 1. The van der Waals surface area contributed by atoms with Gasteiger partial charge in [0.15, 0.2) is 0 Å². The number of hydrogen-bond donors (Lipinski definition) is 3. The van der Waals surface area contributed by atoms with Crippen molar-refractivity contribution in [3.63, 3.8) is 0 Å². The lowest BCUT2D eigenvalue weighted by molar-refractivity contribution is 0.229. The van der Waals surface area contributed by atoms with E-state index >= 15 is 0 Å². The van der Waals surface area contributed by atoms with Gasteiger partial charge in [0.2, 0.25) is 5.95 Å². The van der Waals surface area contributed by atoms with Crippen molar-refractivity contribution >= 4 is 44.9 Å². The van der Waals surface area contributed by atoms with Crippen LogP contribution in [-0.4, -0.2) is 32.7 Å². The van der Waals surface area contributed by atoms with Crippen molar-refractivity contribution in [3.05, 3.63) is 59.2 Å². The highest BCUT2D eigenvalue weighted by Crippen LogP contribution is 2.40. The second kappa shape index (κ2) is 9.51. The molecule has 0 spiro atoms. The van der Waals surface area contributed by atoms with Crippen molar-refractivity contribution in [3.8, 4) is 16.3 Å². The van der Waals surface area contributed by atoms with Crippen molar-refractivity contribution in [1.29, 1.82) is 0 Å². The molecule has 4 N–H and O–H groups in total. The van der Waals surface area contributed by atoms with Crippen LogP contribution in [-0.2, 0) is 6.61 Å². The third-order valence-corrected chi connectivity index (χ3v) is 7.15. The molecule has 0 unspecified atom stereocenters. The van der Waals surface area contributed by atoms with Crippen LogP contribution in [0.5, 0.6) is 5.75 Å². The SMILES string of the molecule is Nc1nc(Cl)c(-c2nc3ccc(OCc4ccccc4)cc3s2)c(N[C@H]2CC[C@@H](CO)C2)n1. The summed E-state index contributed by atoms with van der Waals surface area (Å²) < 4.78 is 6.95. The van der Waals surface area contributed by atoms with E-state index in [1.165, 1.54) is 11.3 Å². The lowest BCUT2D eigenvalue weighted by Crippen LogP contribution is -2.18. The van der Waals surface area contributed by atoms with Gasteiger partial charge in [-0.25, -0.2) is 9.97 Å². The van der Waals surface area contributed by atoms with Gasteiger partial charge >= 0.3 is 0 Å². The maximum absolute atomic E-state index is 9.46. The zero-order valence-electron chi connectivity index (χ0n) is 17.9. The van der Waals surface area contributed by atoms with Crippen molar-refractivity contribution in [2.45, 2.75) is 31.9 Å². The number of nitrogens with two attached hydrogens (primary N) is 1. The molecule has 5 rings (SSSR count). The number of hydrogen-bond acceptors (Lipinski definition) is 8. The molecular formula is C24H24ClN5O2S. The van der Waals surface area contributed by atoms with Crippen LogP contribution in [0.15, 0.2) is 48.5 Å². The predicted molar refractivity (Wildman–Crippen MR) is 133 cm³/mol. The van der Waals surface area contributed by atoms with Crippen LogP contribution < -0.4 is 15.8 Å². The fourth-order valence-electron chi connectivity index (χ4n) is 4.15. The topological polar surface area (TPSA) is 106 Å². The molecule has 2 atom stereocenters. The molecule has 4 aromatic rings. The first-order valence-corrected chi connectivity index (χ1v) is 12.1. The monoisotopic (exact) mass is 481 g/mol. The molecule has 1 aliphatic carbocycles. The number of nitrogens with zero attached hydrogens (tertiary/aromatic N) is 3. The minimum Gasteiger partial charge on any atom is -0.489 e. The van der Waals surface area contributed by atoms with Crippen LogP contribution in [0.2, 0.25) is 5.15 Å². The molecular weight excluding hydrogens is 458 g/mol. The van der Waals surface area contributed by atoms with Gasteiger partial charge < -0.3 is 20.9 Å². The first-order chi connectivity index (χ1) is 16.1. The molecule has 1 saturated carbocycles. The van der Waals surface area contributed by atoms with Crippen LogP contribution in [0.1, 0.15) is 24.8 Å². The Labute approximate surface area is 200 Å². The fourth-order valence-corrected chi connectivity index (χ4v) is 5.51. The third-order valence-electron chi connectivity index (χ3n) is 5.84. The van der Waals surface area contributed by atoms with Crippen molar-refractivity contribution in [2.24, 2.45) is 5.92 Å². The number of benzene rings is 2. The van der Waals surface area contributed by atoms with E-state index in [0.717, 1.165) is 45.8 Å². The van der Waals surface area contributed by atoms with E-state index < -0.39 is 0 Å². The van der Waals surface area contributed by atoms with Gasteiger partial charge in [0.05, 0.1) is 15.8 Å². The molecule has 0 radical (unpaired) electrons. The number of aromatic nitrogens is 3. The highest BCUT2D eigenvalue weighted by Gasteiger charge is 2.27. The van der Waals surface area contributed by atoms with Crippen LogP contribution in [0.4, 0.5) is 11.8 Å². The van der Waals surface area contributed by atoms with Crippen LogP contribution in [0.3, 0.4) is 0 Å². The first-order valence-electron chi connectivity index (χ1n) is 10.9. The highest BCUT2D eigenvalue weighted by molar-refractivity contribution is 7.21. The average Bonchev–Trinajstić information content (AvgIpc) is 3.44. The lowest BCUT2D eigenvalue weighted by Gasteiger charge is -2.16. The van der Waals surface area contributed by atoms with Crippen molar-refractivity contribution in [1.82, 2.24) is 15.0 Å². The molecule has 33 heavy (non-hydrogen) atoms. The van der Waals surface area contributed by atoms with E-state index in [0.29, 0.717) is 23.9 Å². The molecule has 0 saturated heterocycles. The summed E-state index contributed by atoms with van der Waals surface area (Å²) in [5, 5.41) is 13.9. The normalized spacial score (nSPS) is 18.0. The number of anilines is 2. The smallest absolute Gasteiger partial charge is 0.223 e. The maximum Gasteiger partial charge on any atom is 0.223 e. The Balaban J connectivity index is 1.42. The van der Waals surface area contributed by atoms with E-state index in [2.05, 4.69) is 15.3 Å².